The smallest absolute Gasteiger partial charge is 0.145 e. The van der Waals surface area contributed by atoms with Crippen LogP contribution in [-0.4, -0.2) is 9.97 Å². The van der Waals surface area contributed by atoms with Gasteiger partial charge in [0.15, 0.2) is 0 Å². The highest BCUT2D eigenvalue weighted by Crippen LogP contribution is 2.24. The number of aromatic nitrogens is 2. The third-order valence-corrected chi connectivity index (χ3v) is 3.17. The summed E-state index contributed by atoms with van der Waals surface area (Å²) in [5.74, 6) is 0.617. The van der Waals surface area contributed by atoms with Crippen molar-refractivity contribution in [3.8, 4) is 0 Å². The first-order valence-electron chi connectivity index (χ1n) is 5.54. The molecule has 0 radical (unpaired) electrons. The molecule has 5 heteroatoms. The molecule has 1 heterocycles. The molecule has 2 rings (SSSR count). The Morgan fingerprint density at radius 2 is 1.89 bits per heavy atom. The van der Waals surface area contributed by atoms with E-state index in [2.05, 4.69) is 9.97 Å². The zero-order valence-corrected chi connectivity index (χ0v) is 11.4. The Balaban J connectivity index is 2.15. The van der Waals surface area contributed by atoms with Gasteiger partial charge >= 0.3 is 0 Å². The predicted octanol–water partition coefficient (Wildman–Crippen LogP) is 3.33. The van der Waals surface area contributed by atoms with E-state index in [9.17, 15) is 0 Å². The molecule has 1 aromatic heterocycles. The molecule has 0 spiro atoms. The van der Waals surface area contributed by atoms with Crippen molar-refractivity contribution in [2.24, 2.45) is 5.73 Å². The van der Waals surface area contributed by atoms with Crippen LogP contribution in [0.5, 0.6) is 0 Å². The maximum atomic E-state index is 6.11. The average molecular weight is 282 g/mol. The number of halogens is 2. The highest BCUT2D eigenvalue weighted by Gasteiger charge is 2.12. The molecule has 1 atom stereocenters. The van der Waals surface area contributed by atoms with Gasteiger partial charge in [-0.3, -0.25) is 0 Å². The second kappa shape index (κ2) is 5.65. The van der Waals surface area contributed by atoms with Crippen molar-refractivity contribution in [2.75, 3.05) is 0 Å². The van der Waals surface area contributed by atoms with E-state index in [1.54, 1.807) is 24.5 Å². The fraction of sp³-hybridized carbons (Fsp3) is 0.231. The van der Waals surface area contributed by atoms with E-state index in [4.69, 9.17) is 28.9 Å². The standard InChI is InChI=1S/C13H13Cl2N3/c1-8-6-17-13(18-7-8)12(16)4-9-2-3-10(14)5-11(9)15/h2-3,5-7,12H,4,16H2,1H3. The Morgan fingerprint density at radius 1 is 1.22 bits per heavy atom. The molecule has 0 aliphatic rings. The van der Waals surface area contributed by atoms with Gasteiger partial charge in [0.2, 0.25) is 0 Å². The number of nitrogens with zero attached hydrogens (tertiary/aromatic N) is 2. The quantitative estimate of drug-likeness (QED) is 0.939. The number of hydrogen-bond donors (Lipinski definition) is 1. The van der Waals surface area contributed by atoms with Crippen LogP contribution in [0.2, 0.25) is 10.0 Å². The Labute approximate surface area is 116 Å². The highest BCUT2D eigenvalue weighted by atomic mass is 35.5. The number of hydrogen-bond acceptors (Lipinski definition) is 3. The summed E-state index contributed by atoms with van der Waals surface area (Å²) < 4.78 is 0. The third-order valence-electron chi connectivity index (χ3n) is 2.59. The van der Waals surface area contributed by atoms with E-state index in [1.807, 2.05) is 13.0 Å². The van der Waals surface area contributed by atoms with E-state index >= 15 is 0 Å². The van der Waals surface area contributed by atoms with Gasteiger partial charge in [-0.1, -0.05) is 29.3 Å². The third kappa shape index (κ3) is 3.19. The van der Waals surface area contributed by atoms with Crippen LogP contribution < -0.4 is 5.73 Å². The molecule has 0 bridgehead atoms. The Kier molecular flexibility index (Phi) is 4.17. The van der Waals surface area contributed by atoms with Crippen LogP contribution in [0.25, 0.3) is 0 Å². The van der Waals surface area contributed by atoms with Gasteiger partial charge in [0.25, 0.3) is 0 Å². The van der Waals surface area contributed by atoms with Gasteiger partial charge in [-0.2, -0.15) is 0 Å². The largest absolute Gasteiger partial charge is 0.321 e. The summed E-state index contributed by atoms with van der Waals surface area (Å²) in [5, 5.41) is 1.23. The van der Waals surface area contributed by atoms with Gasteiger partial charge < -0.3 is 5.73 Å². The van der Waals surface area contributed by atoms with E-state index < -0.39 is 0 Å². The van der Waals surface area contributed by atoms with Crippen LogP contribution in [0.3, 0.4) is 0 Å². The second-order valence-electron chi connectivity index (χ2n) is 4.16. The molecular formula is C13H13Cl2N3. The topological polar surface area (TPSA) is 51.8 Å². The molecule has 3 nitrogen and oxygen atoms in total. The van der Waals surface area contributed by atoms with Crippen LogP contribution in [0.1, 0.15) is 23.0 Å². The van der Waals surface area contributed by atoms with Gasteiger partial charge in [0, 0.05) is 22.4 Å². The fourth-order valence-electron chi connectivity index (χ4n) is 1.61. The van der Waals surface area contributed by atoms with Crippen molar-refractivity contribution in [1.82, 2.24) is 9.97 Å². The minimum Gasteiger partial charge on any atom is -0.321 e. The lowest BCUT2D eigenvalue weighted by Gasteiger charge is -2.11. The molecule has 0 saturated carbocycles. The van der Waals surface area contributed by atoms with Crippen molar-refractivity contribution in [3.05, 3.63) is 57.6 Å². The normalized spacial score (nSPS) is 12.4. The maximum Gasteiger partial charge on any atom is 0.145 e. The first-order valence-corrected chi connectivity index (χ1v) is 6.30. The van der Waals surface area contributed by atoms with Crippen LogP contribution in [0.15, 0.2) is 30.6 Å². The monoisotopic (exact) mass is 281 g/mol. The van der Waals surface area contributed by atoms with Gasteiger partial charge in [0.1, 0.15) is 5.82 Å². The zero-order chi connectivity index (χ0) is 13.1. The lowest BCUT2D eigenvalue weighted by atomic mass is 10.1. The van der Waals surface area contributed by atoms with Crippen molar-refractivity contribution < 1.29 is 0 Å². The van der Waals surface area contributed by atoms with Gasteiger partial charge in [-0.15, -0.1) is 0 Å². The Hall–Kier alpha value is -1.16. The Morgan fingerprint density at radius 3 is 2.50 bits per heavy atom. The minimum atomic E-state index is -0.274. The first kappa shape index (κ1) is 13.3. The van der Waals surface area contributed by atoms with Crippen LogP contribution in [0, 0.1) is 6.92 Å². The lowest BCUT2D eigenvalue weighted by molar-refractivity contribution is 0.665. The molecule has 2 aromatic rings. The molecule has 18 heavy (non-hydrogen) atoms. The second-order valence-corrected chi connectivity index (χ2v) is 5.01. The van der Waals surface area contributed by atoms with Gasteiger partial charge in [-0.25, -0.2) is 9.97 Å². The van der Waals surface area contributed by atoms with Crippen molar-refractivity contribution >= 4 is 23.2 Å². The van der Waals surface area contributed by atoms with E-state index in [1.165, 1.54) is 0 Å². The summed E-state index contributed by atoms with van der Waals surface area (Å²) in [6.07, 6.45) is 4.09. The molecule has 2 N–H and O–H groups in total. The summed E-state index contributed by atoms with van der Waals surface area (Å²) in [7, 11) is 0. The van der Waals surface area contributed by atoms with Crippen molar-refractivity contribution in [2.45, 2.75) is 19.4 Å². The molecule has 0 amide bonds. The van der Waals surface area contributed by atoms with Crippen LogP contribution in [-0.2, 0) is 6.42 Å². The summed E-state index contributed by atoms with van der Waals surface area (Å²) in [5.41, 5.74) is 8.02. The van der Waals surface area contributed by atoms with Crippen LogP contribution >= 0.6 is 23.2 Å². The molecule has 94 valence electrons. The fourth-order valence-corrected chi connectivity index (χ4v) is 2.10. The lowest BCUT2D eigenvalue weighted by Crippen LogP contribution is -2.16. The molecule has 0 aliphatic heterocycles. The van der Waals surface area contributed by atoms with E-state index in [0.717, 1.165) is 11.1 Å². The summed E-state index contributed by atoms with van der Waals surface area (Å²) >= 11 is 12.0. The molecule has 0 saturated heterocycles. The molecule has 1 unspecified atom stereocenters. The SMILES string of the molecule is Cc1cnc(C(N)Cc2ccc(Cl)cc2Cl)nc1. The predicted molar refractivity (Wildman–Crippen MR) is 73.9 cm³/mol. The van der Waals surface area contributed by atoms with Gasteiger partial charge in [-0.05, 0) is 36.6 Å². The molecular weight excluding hydrogens is 269 g/mol. The number of benzene rings is 1. The number of aryl methyl sites for hydroxylation is 1. The molecule has 1 aromatic carbocycles. The van der Waals surface area contributed by atoms with E-state index in [-0.39, 0.29) is 6.04 Å². The zero-order valence-electron chi connectivity index (χ0n) is 9.90. The first-order chi connectivity index (χ1) is 8.56. The highest BCUT2D eigenvalue weighted by molar-refractivity contribution is 6.35. The minimum absolute atomic E-state index is 0.274. The average Bonchev–Trinajstić information content (AvgIpc) is 2.33. The van der Waals surface area contributed by atoms with Crippen LogP contribution in [0.4, 0.5) is 0 Å². The summed E-state index contributed by atoms with van der Waals surface area (Å²) in [6.45, 7) is 1.94. The van der Waals surface area contributed by atoms with Gasteiger partial charge in [0.05, 0.1) is 6.04 Å². The molecule has 0 aliphatic carbocycles. The van der Waals surface area contributed by atoms with Crippen molar-refractivity contribution in [1.29, 1.82) is 0 Å². The number of rotatable bonds is 3. The summed E-state index contributed by atoms with van der Waals surface area (Å²) in [6, 6.07) is 5.11. The van der Waals surface area contributed by atoms with E-state index in [0.29, 0.717) is 22.3 Å². The number of nitrogens with two attached hydrogens (primary N) is 1. The van der Waals surface area contributed by atoms with Crippen molar-refractivity contribution in [3.63, 3.8) is 0 Å². The molecule has 0 fully saturated rings. The Bertz CT molecular complexity index is 540. The maximum absolute atomic E-state index is 6.11. The summed E-state index contributed by atoms with van der Waals surface area (Å²) in [4.78, 5) is 8.43.